The minimum absolute atomic E-state index is 0.377. The molecule has 0 spiro atoms. The molecule has 1 aromatic heterocycles. The molecule has 32 heavy (non-hydrogen) atoms. The molecule has 4 N–H and O–H groups in total. The second kappa shape index (κ2) is 12.4. The Labute approximate surface area is 188 Å². The quantitative estimate of drug-likeness (QED) is 0.395. The third-order valence-electron chi connectivity index (χ3n) is 4.89. The molecule has 0 aliphatic heterocycles. The Bertz CT molecular complexity index is 861. The van der Waals surface area contributed by atoms with Crippen LogP contribution in [0, 0.1) is 0 Å². The van der Waals surface area contributed by atoms with Crippen LogP contribution in [0.1, 0.15) is 48.2 Å². The molecule has 2 aromatic rings. The lowest BCUT2D eigenvalue weighted by Crippen LogP contribution is -2.32. The Balaban J connectivity index is 0.000000451. The molecule has 1 saturated carbocycles. The summed E-state index contributed by atoms with van der Waals surface area (Å²) in [4.78, 5) is 21.7. The number of carbonyl (C=O) groups excluding carboxylic acids is 1. The van der Waals surface area contributed by atoms with Gasteiger partial charge in [0, 0.05) is 17.5 Å². The maximum Gasteiger partial charge on any atom is 0.490 e. The number of rotatable bonds is 7. The highest BCUT2D eigenvalue weighted by atomic mass is 32.1. The molecule has 6 nitrogen and oxygen atoms in total. The smallest absolute Gasteiger partial charge is 0.490 e. The van der Waals surface area contributed by atoms with Crippen LogP contribution in [0.5, 0.6) is 5.75 Å². The van der Waals surface area contributed by atoms with E-state index in [0.717, 1.165) is 22.7 Å². The highest BCUT2D eigenvalue weighted by molar-refractivity contribution is 7.17. The monoisotopic (exact) mass is 472 g/mol. The van der Waals surface area contributed by atoms with Crippen LogP contribution in [0.15, 0.2) is 36.4 Å². The van der Waals surface area contributed by atoms with E-state index in [9.17, 15) is 18.0 Å². The summed E-state index contributed by atoms with van der Waals surface area (Å²) < 4.78 is 37.6. The van der Waals surface area contributed by atoms with E-state index in [1.807, 2.05) is 30.3 Å². The fraction of sp³-hybridized carbons (Fsp3) is 0.455. The van der Waals surface area contributed by atoms with Gasteiger partial charge in [-0.15, -0.1) is 11.3 Å². The fourth-order valence-electron chi connectivity index (χ4n) is 3.26. The van der Waals surface area contributed by atoms with Gasteiger partial charge in [-0.2, -0.15) is 13.2 Å². The Morgan fingerprint density at radius 2 is 1.66 bits per heavy atom. The minimum Gasteiger partial charge on any atom is -0.492 e. The van der Waals surface area contributed by atoms with E-state index in [2.05, 4.69) is 5.32 Å². The van der Waals surface area contributed by atoms with E-state index in [1.165, 1.54) is 49.9 Å². The zero-order valence-electron chi connectivity index (χ0n) is 17.5. The van der Waals surface area contributed by atoms with Crippen molar-refractivity contribution in [2.45, 2.75) is 50.7 Å². The van der Waals surface area contributed by atoms with Gasteiger partial charge in [-0.1, -0.05) is 25.7 Å². The highest BCUT2D eigenvalue weighted by Crippen LogP contribution is 2.29. The third-order valence-corrected chi connectivity index (χ3v) is 6.04. The molecule has 1 aromatic carbocycles. The van der Waals surface area contributed by atoms with E-state index in [4.69, 9.17) is 20.4 Å². The zero-order valence-corrected chi connectivity index (χ0v) is 18.3. The van der Waals surface area contributed by atoms with Gasteiger partial charge >= 0.3 is 12.1 Å². The maximum atomic E-state index is 11.2. The van der Waals surface area contributed by atoms with Crippen molar-refractivity contribution < 1.29 is 32.6 Å². The lowest BCUT2D eigenvalue weighted by molar-refractivity contribution is -0.192. The van der Waals surface area contributed by atoms with Crippen LogP contribution in [0.4, 0.5) is 13.2 Å². The summed E-state index contributed by atoms with van der Waals surface area (Å²) in [5.41, 5.74) is 6.38. The minimum atomic E-state index is -5.08. The number of amides is 1. The SMILES string of the molecule is NC(=O)c1ccc(-c2ccc(OCCNC3CCCCCC3)cc2)s1.O=C(O)C(F)(F)F. The van der Waals surface area contributed by atoms with Gasteiger partial charge in [0.1, 0.15) is 12.4 Å². The van der Waals surface area contributed by atoms with Crippen LogP contribution >= 0.6 is 11.3 Å². The summed E-state index contributed by atoms with van der Waals surface area (Å²) >= 11 is 1.41. The second-order valence-electron chi connectivity index (χ2n) is 7.35. The van der Waals surface area contributed by atoms with Gasteiger partial charge in [0.25, 0.3) is 5.91 Å². The summed E-state index contributed by atoms with van der Waals surface area (Å²) in [7, 11) is 0. The van der Waals surface area contributed by atoms with E-state index in [0.29, 0.717) is 17.5 Å². The molecular weight excluding hydrogens is 445 g/mol. The molecule has 3 rings (SSSR count). The molecule has 0 radical (unpaired) electrons. The molecule has 1 heterocycles. The molecule has 1 amide bonds. The lowest BCUT2D eigenvalue weighted by atomic mass is 10.1. The van der Waals surface area contributed by atoms with Crippen LogP contribution in [0.3, 0.4) is 0 Å². The molecule has 1 aliphatic carbocycles. The van der Waals surface area contributed by atoms with Crippen molar-refractivity contribution in [3.8, 4) is 16.2 Å². The van der Waals surface area contributed by atoms with Crippen molar-refractivity contribution in [3.63, 3.8) is 0 Å². The number of carboxylic acid groups (broad SMARTS) is 1. The normalized spacial score (nSPS) is 14.7. The number of nitrogens with two attached hydrogens (primary N) is 1. The van der Waals surface area contributed by atoms with Gasteiger partial charge in [0.15, 0.2) is 0 Å². The molecule has 0 atom stereocenters. The van der Waals surface area contributed by atoms with Crippen molar-refractivity contribution in [2.75, 3.05) is 13.2 Å². The Hall–Kier alpha value is -2.59. The largest absolute Gasteiger partial charge is 0.492 e. The van der Waals surface area contributed by atoms with Gasteiger partial charge in [-0.05, 0) is 54.8 Å². The van der Waals surface area contributed by atoms with Crippen LogP contribution in [0.25, 0.3) is 10.4 Å². The van der Waals surface area contributed by atoms with Gasteiger partial charge in [-0.3, -0.25) is 4.79 Å². The second-order valence-corrected chi connectivity index (χ2v) is 8.43. The van der Waals surface area contributed by atoms with E-state index in [1.54, 1.807) is 6.07 Å². The first-order valence-corrected chi connectivity index (χ1v) is 11.1. The molecular formula is C22H27F3N2O4S. The van der Waals surface area contributed by atoms with Crippen molar-refractivity contribution in [1.29, 1.82) is 0 Å². The number of aliphatic carboxylic acids is 1. The molecule has 176 valence electrons. The summed E-state index contributed by atoms with van der Waals surface area (Å²) in [6.45, 7) is 1.57. The number of primary amides is 1. The Morgan fingerprint density at radius 1 is 1.06 bits per heavy atom. The van der Waals surface area contributed by atoms with Crippen molar-refractivity contribution >= 4 is 23.2 Å². The van der Waals surface area contributed by atoms with Gasteiger partial charge < -0.3 is 20.9 Å². The predicted molar refractivity (Wildman–Crippen MR) is 117 cm³/mol. The molecule has 0 unspecified atom stereocenters. The first-order valence-electron chi connectivity index (χ1n) is 10.3. The topological polar surface area (TPSA) is 102 Å². The fourth-order valence-corrected chi connectivity index (χ4v) is 4.12. The Morgan fingerprint density at radius 3 is 2.16 bits per heavy atom. The van der Waals surface area contributed by atoms with Gasteiger partial charge in [0.05, 0.1) is 4.88 Å². The average Bonchev–Trinajstić information content (AvgIpc) is 3.10. The number of carboxylic acids is 1. The number of hydrogen-bond acceptors (Lipinski definition) is 5. The van der Waals surface area contributed by atoms with Crippen molar-refractivity contribution in [1.82, 2.24) is 5.32 Å². The van der Waals surface area contributed by atoms with Gasteiger partial charge in [-0.25, -0.2) is 4.79 Å². The van der Waals surface area contributed by atoms with Gasteiger partial charge in [0.2, 0.25) is 0 Å². The van der Waals surface area contributed by atoms with Crippen molar-refractivity contribution in [2.24, 2.45) is 5.73 Å². The van der Waals surface area contributed by atoms with Crippen LogP contribution in [-0.4, -0.2) is 42.4 Å². The lowest BCUT2D eigenvalue weighted by Gasteiger charge is -2.16. The number of nitrogens with one attached hydrogen (secondary N) is 1. The summed E-state index contributed by atoms with van der Waals surface area (Å²) in [6.07, 6.45) is 2.96. The molecule has 0 saturated heterocycles. The number of halogens is 3. The average molecular weight is 473 g/mol. The molecule has 1 fully saturated rings. The number of benzene rings is 1. The first-order chi connectivity index (χ1) is 15.2. The number of ether oxygens (including phenoxy) is 1. The summed E-state index contributed by atoms with van der Waals surface area (Å²) in [5.74, 6) is -2.26. The van der Waals surface area contributed by atoms with E-state index in [-0.39, 0.29) is 5.91 Å². The van der Waals surface area contributed by atoms with E-state index >= 15 is 0 Å². The number of carbonyl (C=O) groups is 2. The highest BCUT2D eigenvalue weighted by Gasteiger charge is 2.38. The van der Waals surface area contributed by atoms with Crippen LogP contribution < -0.4 is 15.8 Å². The van der Waals surface area contributed by atoms with Crippen LogP contribution in [-0.2, 0) is 4.79 Å². The zero-order chi connectivity index (χ0) is 23.6. The number of alkyl halides is 3. The Kier molecular flexibility index (Phi) is 9.98. The molecule has 10 heteroatoms. The van der Waals surface area contributed by atoms with Crippen LogP contribution in [0.2, 0.25) is 0 Å². The molecule has 0 bridgehead atoms. The standard InChI is InChI=1S/C20H26N2O2S.C2HF3O2/c21-20(23)19-12-11-18(25-19)15-7-9-17(10-8-15)24-14-13-22-16-5-3-1-2-4-6-16;3-2(4,5)1(6)7/h7-12,16,22H,1-6,13-14H2,(H2,21,23);(H,6,7). The first kappa shape index (κ1) is 25.7. The molecule has 1 aliphatic rings. The predicted octanol–water partition coefficient (Wildman–Crippen LogP) is 4.84. The summed E-state index contributed by atoms with van der Waals surface area (Å²) in [5, 5.41) is 10.7. The summed E-state index contributed by atoms with van der Waals surface area (Å²) in [6, 6.07) is 12.3. The number of thiophene rings is 1. The maximum absolute atomic E-state index is 11.2. The number of hydrogen-bond donors (Lipinski definition) is 3. The van der Waals surface area contributed by atoms with E-state index < -0.39 is 12.1 Å². The van der Waals surface area contributed by atoms with Crippen molar-refractivity contribution in [3.05, 3.63) is 41.3 Å². The third kappa shape index (κ3) is 8.88.